The number of amides is 1. The Balaban J connectivity index is 1.93. The molecule has 0 spiro atoms. The molecule has 0 aliphatic carbocycles. The van der Waals surface area contributed by atoms with Gasteiger partial charge in [-0.2, -0.15) is 0 Å². The lowest BCUT2D eigenvalue weighted by Gasteiger charge is -2.11. The third-order valence-corrected chi connectivity index (χ3v) is 3.40. The summed E-state index contributed by atoms with van der Waals surface area (Å²) in [6, 6.07) is 0. The Morgan fingerprint density at radius 1 is 1.52 bits per heavy atom. The summed E-state index contributed by atoms with van der Waals surface area (Å²) in [5.41, 5.74) is 0.751. The van der Waals surface area contributed by atoms with Crippen LogP contribution in [0.1, 0.15) is 35.9 Å². The lowest BCUT2D eigenvalue weighted by molar-refractivity contribution is -0.122. The zero-order valence-corrected chi connectivity index (χ0v) is 12.3. The van der Waals surface area contributed by atoms with Crippen molar-refractivity contribution in [2.75, 3.05) is 20.3 Å². The van der Waals surface area contributed by atoms with Crippen LogP contribution in [0.15, 0.2) is 0 Å². The quantitative estimate of drug-likeness (QED) is 0.738. The maximum atomic E-state index is 11.9. The predicted octanol–water partition coefficient (Wildman–Crippen LogP) is -0.0777. The van der Waals surface area contributed by atoms with Gasteiger partial charge in [-0.25, -0.2) is 9.48 Å². The van der Waals surface area contributed by atoms with Crippen molar-refractivity contribution in [1.29, 1.82) is 0 Å². The molecule has 1 saturated heterocycles. The van der Waals surface area contributed by atoms with E-state index in [9.17, 15) is 9.59 Å². The number of nitrogens with zero attached hydrogens (tertiary/aromatic N) is 3. The highest BCUT2D eigenvalue weighted by Gasteiger charge is 2.21. The van der Waals surface area contributed by atoms with Crippen molar-refractivity contribution in [3.8, 4) is 0 Å². The van der Waals surface area contributed by atoms with E-state index in [1.807, 2.05) is 6.92 Å². The number of hydrogen-bond acceptors (Lipinski definition) is 6. The minimum Gasteiger partial charge on any atom is -0.464 e. The van der Waals surface area contributed by atoms with Gasteiger partial charge in [0, 0.05) is 13.2 Å². The highest BCUT2D eigenvalue weighted by molar-refractivity contribution is 5.88. The van der Waals surface area contributed by atoms with E-state index in [-0.39, 0.29) is 24.2 Å². The molecular weight excluding hydrogens is 276 g/mol. The zero-order chi connectivity index (χ0) is 15.2. The first-order valence-corrected chi connectivity index (χ1v) is 7.04. The maximum absolute atomic E-state index is 11.9. The number of ether oxygens (including phenoxy) is 2. The lowest BCUT2D eigenvalue weighted by atomic mass is 10.2. The fourth-order valence-corrected chi connectivity index (χ4v) is 2.29. The zero-order valence-electron chi connectivity index (χ0n) is 12.3. The molecule has 1 fully saturated rings. The first kappa shape index (κ1) is 15.4. The molecule has 8 nitrogen and oxygen atoms in total. The monoisotopic (exact) mass is 296 g/mol. The summed E-state index contributed by atoms with van der Waals surface area (Å²) in [5, 5.41) is 10.4. The fraction of sp³-hybridized carbons (Fsp3) is 0.692. The molecule has 2 heterocycles. The van der Waals surface area contributed by atoms with Crippen LogP contribution in [0.5, 0.6) is 0 Å². The maximum Gasteiger partial charge on any atom is 0.360 e. The van der Waals surface area contributed by atoms with Crippen LogP contribution < -0.4 is 5.32 Å². The molecule has 1 unspecified atom stereocenters. The van der Waals surface area contributed by atoms with Gasteiger partial charge in [-0.3, -0.25) is 4.79 Å². The van der Waals surface area contributed by atoms with Gasteiger partial charge in [0.15, 0.2) is 5.69 Å². The van der Waals surface area contributed by atoms with Crippen molar-refractivity contribution in [2.24, 2.45) is 0 Å². The second kappa shape index (κ2) is 7.16. The number of carbonyl (C=O) groups excluding carboxylic acids is 2. The lowest BCUT2D eigenvalue weighted by Crippen LogP contribution is -2.34. The molecule has 1 aliphatic rings. The number of hydrogen-bond donors (Lipinski definition) is 1. The third-order valence-electron chi connectivity index (χ3n) is 3.40. The summed E-state index contributed by atoms with van der Waals surface area (Å²) >= 11 is 0. The van der Waals surface area contributed by atoms with Gasteiger partial charge < -0.3 is 14.8 Å². The Labute approximate surface area is 122 Å². The fourth-order valence-electron chi connectivity index (χ4n) is 2.29. The summed E-state index contributed by atoms with van der Waals surface area (Å²) in [7, 11) is 1.29. The largest absolute Gasteiger partial charge is 0.464 e. The van der Waals surface area contributed by atoms with Crippen LogP contribution in [0, 0.1) is 0 Å². The van der Waals surface area contributed by atoms with E-state index >= 15 is 0 Å². The average Bonchev–Trinajstić information content (AvgIpc) is 3.13. The van der Waals surface area contributed by atoms with E-state index in [4.69, 9.17) is 4.74 Å². The van der Waals surface area contributed by atoms with Gasteiger partial charge in [-0.1, -0.05) is 12.1 Å². The van der Waals surface area contributed by atoms with Gasteiger partial charge in [-0.05, 0) is 19.3 Å². The van der Waals surface area contributed by atoms with Crippen LogP contribution >= 0.6 is 0 Å². The van der Waals surface area contributed by atoms with Gasteiger partial charge in [0.1, 0.15) is 6.54 Å². The summed E-state index contributed by atoms with van der Waals surface area (Å²) < 4.78 is 11.5. The van der Waals surface area contributed by atoms with E-state index in [0.717, 1.165) is 19.4 Å². The molecule has 0 saturated carbocycles. The molecule has 1 N–H and O–H groups in total. The Morgan fingerprint density at radius 2 is 2.33 bits per heavy atom. The average molecular weight is 296 g/mol. The van der Waals surface area contributed by atoms with Crippen molar-refractivity contribution in [3.63, 3.8) is 0 Å². The molecule has 1 amide bonds. The smallest absolute Gasteiger partial charge is 0.360 e. The van der Waals surface area contributed by atoms with Gasteiger partial charge in [0.05, 0.1) is 18.9 Å². The molecule has 116 valence electrons. The molecule has 0 aromatic carbocycles. The normalized spacial score (nSPS) is 17.7. The van der Waals surface area contributed by atoms with Crippen LogP contribution in [0.2, 0.25) is 0 Å². The topological polar surface area (TPSA) is 95.3 Å². The van der Waals surface area contributed by atoms with E-state index in [2.05, 4.69) is 20.4 Å². The highest BCUT2D eigenvalue weighted by Crippen LogP contribution is 2.11. The molecule has 1 aliphatic heterocycles. The molecule has 21 heavy (non-hydrogen) atoms. The Morgan fingerprint density at radius 3 is 2.95 bits per heavy atom. The van der Waals surface area contributed by atoms with Crippen molar-refractivity contribution in [2.45, 2.75) is 38.8 Å². The van der Waals surface area contributed by atoms with Crippen LogP contribution in [0.3, 0.4) is 0 Å². The number of methoxy groups -OCH3 is 1. The van der Waals surface area contributed by atoms with Crippen molar-refractivity contribution >= 4 is 11.9 Å². The summed E-state index contributed by atoms with van der Waals surface area (Å²) in [5.74, 6) is -0.723. The van der Waals surface area contributed by atoms with Crippen molar-refractivity contribution in [1.82, 2.24) is 20.3 Å². The molecule has 1 aromatic rings. The first-order valence-electron chi connectivity index (χ1n) is 7.04. The minimum atomic E-state index is -0.544. The van der Waals surface area contributed by atoms with E-state index < -0.39 is 5.97 Å². The Kier molecular flexibility index (Phi) is 5.26. The molecular formula is C13H20N4O4. The van der Waals surface area contributed by atoms with Crippen LogP contribution in [-0.4, -0.2) is 53.2 Å². The second-order valence-electron chi connectivity index (χ2n) is 4.83. The summed E-state index contributed by atoms with van der Waals surface area (Å²) in [4.78, 5) is 23.5. The Bertz CT molecular complexity index is 508. The van der Waals surface area contributed by atoms with E-state index in [0.29, 0.717) is 18.7 Å². The van der Waals surface area contributed by atoms with Gasteiger partial charge in [-0.15, -0.1) is 5.10 Å². The SMILES string of the molecule is CCc1c(C(=O)OC)nnn1CC(=O)NCC1CCCO1. The number of nitrogens with one attached hydrogen (secondary N) is 1. The van der Waals surface area contributed by atoms with E-state index in [1.165, 1.54) is 11.8 Å². The third kappa shape index (κ3) is 3.78. The van der Waals surface area contributed by atoms with Crippen molar-refractivity contribution in [3.05, 3.63) is 11.4 Å². The second-order valence-corrected chi connectivity index (χ2v) is 4.83. The molecule has 0 bridgehead atoms. The van der Waals surface area contributed by atoms with Crippen molar-refractivity contribution < 1.29 is 19.1 Å². The number of aromatic nitrogens is 3. The highest BCUT2D eigenvalue weighted by atomic mass is 16.5. The van der Waals surface area contributed by atoms with E-state index in [1.54, 1.807) is 0 Å². The number of rotatable bonds is 6. The van der Waals surface area contributed by atoms with Crippen LogP contribution in [0.4, 0.5) is 0 Å². The molecule has 1 aromatic heterocycles. The summed E-state index contributed by atoms with van der Waals surface area (Å²) in [6.45, 7) is 3.15. The molecule has 0 radical (unpaired) electrons. The van der Waals surface area contributed by atoms with Crippen LogP contribution in [0.25, 0.3) is 0 Å². The van der Waals surface area contributed by atoms with Gasteiger partial charge >= 0.3 is 5.97 Å². The number of esters is 1. The standard InChI is InChI=1S/C13H20N4O4/c1-3-10-12(13(19)20-2)15-16-17(10)8-11(18)14-7-9-5-4-6-21-9/h9H,3-8H2,1-2H3,(H,14,18). The molecule has 1 atom stereocenters. The Hall–Kier alpha value is -1.96. The summed E-state index contributed by atoms with van der Waals surface area (Å²) in [6.07, 6.45) is 2.64. The van der Waals surface area contributed by atoms with Gasteiger partial charge in [0.2, 0.25) is 5.91 Å². The first-order chi connectivity index (χ1) is 10.2. The molecule has 8 heteroatoms. The molecule has 2 rings (SSSR count). The predicted molar refractivity (Wildman–Crippen MR) is 72.7 cm³/mol. The van der Waals surface area contributed by atoms with Gasteiger partial charge in [0.25, 0.3) is 0 Å². The number of carbonyl (C=O) groups is 2. The van der Waals surface area contributed by atoms with Crippen LogP contribution in [-0.2, 0) is 27.2 Å². The minimum absolute atomic E-state index is 0.0277.